The zero-order valence-electron chi connectivity index (χ0n) is 11.6. The Morgan fingerprint density at radius 1 is 1.18 bits per heavy atom. The number of nitrogens with zero attached hydrogens (tertiary/aromatic N) is 3. The second kappa shape index (κ2) is 6.53. The molecule has 0 bridgehead atoms. The van der Waals surface area contributed by atoms with E-state index in [4.69, 9.17) is 0 Å². The fraction of sp³-hybridized carbons (Fsp3) is 0.0625. The van der Waals surface area contributed by atoms with Crippen LogP contribution in [0.1, 0.15) is 11.4 Å². The van der Waals surface area contributed by atoms with Gasteiger partial charge in [0.15, 0.2) is 11.5 Å². The van der Waals surface area contributed by atoms with Crippen LogP contribution >= 0.6 is 15.9 Å². The van der Waals surface area contributed by atoms with Crippen LogP contribution in [0, 0.1) is 0 Å². The third-order valence-corrected chi connectivity index (χ3v) is 3.63. The van der Waals surface area contributed by atoms with Gasteiger partial charge in [0.05, 0.1) is 6.54 Å². The van der Waals surface area contributed by atoms with Crippen molar-refractivity contribution in [3.05, 3.63) is 70.6 Å². The molecule has 5 nitrogen and oxygen atoms in total. The number of pyridine rings is 1. The number of aromatic nitrogens is 3. The van der Waals surface area contributed by atoms with Crippen molar-refractivity contribution >= 4 is 33.6 Å². The number of hydrogen-bond acceptors (Lipinski definition) is 3. The molecule has 0 saturated heterocycles. The van der Waals surface area contributed by atoms with Crippen molar-refractivity contribution in [3.63, 3.8) is 0 Å². The highest BCUT2D eigenvalue weighted by Gasteiger charge is 2.05. The summed E-state index contributed by atoms with van der Waals surface area (Å²) in [5, 5.41) is 10.9. The number of fused-ring (bicyclic) bond motifs is 1. The van der Waals surface area contributed by atoms with Gasteiger partial charge in [-0.2, -0.15) is 0 Å². The second-order valence-corrected chi connectivity index (χ2v) is 5.56. The predicted octanol–water partition coefficient (Wildman–Crippen LogP) is 2.82. The van der Waals surface area contributed by atoms with E-state index in [2.05, 4.69) is 31.4 Å². The summed E-state index contributed by atoms with van der Waals surface area (Å²) in [6, 6.07) is 13.4. The average Bonchev–Trinajstić information content (AvgIpc) is 2.96. The maximum absolute atomic E-state index is 11.8. The number of amides is 1. The molecule has 1 amide bonds. The Morgan fingerprint density at radius 3 is 2.82 bits per heavy atom. The van der Waals surface area contributed by atoms with Crippen LogP contribution in [0.5, 0.6) is 0 Å². The van der Waals surface area contributed by atoms with Crippen LogP contribution in [-0.2, 0) is 11.3 Å². The molecule has 0 spiro atoms. The lowest BCUT2D eigenvalue weighted by molar-refractivity contribution is -0.116. The molecule has 0 radical (unpaired) electrons. The van der Waals surface area contributed by atoms with Crippen molar-refractivity contribution in [2.24, 2.45) is 0 Å². The van der Waals surface area contributed by atoms with Gasteiger partial charge in [0, 0.05) is 16.7 Å². The molecule has 0 unspecified atom stereocenters. The standard InChI is InChI=1S/C16H13BrN4O/c17-13-7-4-12(5-8-13)6-9-16(22)18-11-15-20-19-14-3-1-2-10-21(14)15/h1-10H,11H2,(H,18,22). The van der Waals surface area contributed by atoms with E-state index >= 15 is 0 Å². The van der Waals surface area contributed by atoms with Gasteiger partial charge in [-0.3, -0.25) is 9.20 Å². The van der Waals surface area contributed by atoms with Crippen LogP contribution in [0.2, 0.25) is 0 Å². The van der Waals surface area contributed by atoms with Crippen molar-refractivity contribution in [1.29, 1.82) is 0 Å². The smallest absolute Gasteiger partial charge is 0.244 e. The maximum atomic E-state index is 11.8. The van der Waals surface area contributed by atoms with E-state index in [1.165, 1.54) is 6.08 Å². The van der Waals surface area contributed by atoms with E-state index in [1.54, 1.807) is 6.08 Å². The Labute approximate surface area is 135 Å². The van der Waals surface area contributed by atoms with Gasteiger partial charge in [-0.1, -0.05) is 34.1 Å². The summed E-state index contributed by atoms with van der Waals surface area (Å²) < 4.78 is 2.85. The zero-order chi connectivity index (χ0) is 15.4. The van der Waals surface area contributed by atoms with Crippen molar-refractivity contribution in [3.8, 4) is 0 Å². The normalized spacial score (nSPS) is 11.1. The molecule has 0 aliphatic heterocycles. The van der Waals surface area contributed by atoms with Gasteiger partial charge in [0.25, 0.3) is 0 Å². The van der Waals surface area contributed by atoms with Crippen LogP contribution in [0.3, 0.4) is 0 Å². The zero-order valence-corrected chi connectivity index (χ0v) is 13.2. The van der Waals surface area contributed by atoms with Gasteiger partial charge in [0.1, 0.15) is 0 Å². The van der Waals surface area contributed by atoms with Gasteiger partial charge >= 0.3 is 0 Å². The number of nitrogens with one attached hydrogen (secondary N) is 1. The Hall–Kier alpha value is -2.47. The molecule has 1 aromatic carbocycles. The summed E-state index contributed by atoms with van der Waals surface area (Å²) in [6.07, 6.45) is 5.14. The van der Waals surface area contributed by atoms with E-state index < -0.39 is 0 Å². The van der Waals surface area contributed by atoms with E-state index in [9.17, 15) is 4.79 Å². The monoisotopic (exact) mass is 356 g/mol. The van der Waals surface area contributed by atoms with Gasteiger partial charge in [0.2, 0.25) is 5.91 Å². The Kier molecular flexibility index (Phi) is 4.29. The average molecular weight is 357 g/mol. The predicted molar refractivity (Wildman–Crippen MR) is 88.0 cm³/mol. The molecule has 3 rings (SSSR count). The van der Waals surface area contributed by atoms with Crippen LogP contribution in [-0.4, -0.2) is 20.5 Å². The van der Waals surface area contributed by atoms with E-state index in [0.717, 1.165) is 15.7 Å². The molecule has 0 atom stereocenters. The van der Waals surface area contributed by atoms with Crippen molar-refractivity contribution < 1.29 is 4.79 Å². The number of rotatable bonds is 4. The molecule has 2 aromatic heterocycles. The fourth-order valence-electron chi connectivity index (χ4n) is 1.98. The third-order valence-electron chi connectivity index (χ3n) is 3.10. The summed E-state index contributed by atoms with van der Waals surface area (Å²) in [6.45, 7) is 0.328. The number of hydrogen-bond donors (Lipinski definition) is 1. The molecule has 3 aromatic rings. The Morgan fingerprint density at radius 2 is 2.00 bits per heavy atom. The maximum Gasteiger partial charge on any atom is 0.244 e. The van der Waals surface area contributed by atoms with Crippen molar-refractivity contribution in [2.75, 3.05) is 0 Å². The SMILES string of the molecule is O=C(C=Cc1ccc(Br)cc1)NCc1nnc2ccccn12. The lowest BCUT2D eigenvalue weighted by Gasteiger charge is -2.01. The first-order valence-electron chi connectivity index (χ1n) is 6.72. The number of carbonyl (C=O) groups is 1. The summed E-state index contributed by atoms with van der Waals surface area (Å²) in [7, 11) is 0. The molecular formula is C16H13BrN4O. The largest absolute Gasteiger partial charge is 0.345 e. The van der Waals surface area contributed by atoms with Gasteiger partial charge in [-0.25, -0.2) is 0 Å². The van der Waals surface area contributed by atoms with Gasteiger partial charge in [-0.05, 0) is 35.9 Å². The molecule has 6 heteroatoms. The minimum Gasteiger partial charge on any atom is -0.345 e. The fourth-order valence-corrected chi connectivity index (χ4v) is 2.25. The third kappa shape index (κ3) is 3.40. The first-order valence-corrected chi connectivity index (χ1v) is 7.52. The van der Waals surface area contributed by atoms with E-state index in [-0.39, 0.29) is 5.91 Å². The van der Waals surface area contributed by atoms with Crippen LogP contribution in [0.4, 0.5) is 0 Å². The molecule has 0 aliphatic rings. The highest BCUT2D eigenvalue weighted by Crippen LogP contribution is 2.11. The summed E-state index contributed by atoms with van der Waals surface area (Å²) in [5.41, 5.74) is 1.73. The molecule has 2 heterocycles. The van der Waals surface area contributed by atoms with Crippen LogP contribution in [0.25, 0.3) is 11.7 Å². The molecule has 22 heavy (non-hydrogen) atoms. The highest BCUT2D eigenvalue weighted by atomic mass is 79.9. The van der Waals surface area contributed by atoms with Crippen molar-refractivity contribution in [1.82, 2.24) is 19.9 Å². The summed E-state index contributed by atoms with van der Waals surface area (Å²) >= 11 is 3.37. The lowest BCUT2D eigenvalue weighted by Crippen LogP contribution is -2.21. The van der Waals surface area contributed by atoms with E-state index in [0.29, 0.717) is 12.4 Å². The van der Waals surface area contributed by atoms with Crippen LogP contribution < -0.4 is 5.32 Å². The number of carbonyl (C=O) groups excluding carboxylic acids is 1. The van der Waals surface area contributed by atoms with Crippen molar-refractivity contribution in [2.45, 2.75) is 6.54 Å². The summed E-state index contributed by atoms with van der Waals surface area (Å²) in [5.74, 6) is 0.525. The minimum atomic E-state index is -0.171. The number of benzene rings is 1. The quantitative estimate of drug-likeness (QED) is 0.731. The summed E-state index contributed by atoms with van der Waals surface area (Å²) in [4.78, 5) is 11.8. The lowest BCUT2D eigenvalue weighted by atomic mass is 10.2. The molecule has 0 aliphatic carbocycles. The first-order chi connectivity index (χ1) is 10.7. The van der Waals surface area contributed by atoms with Crippen LogP contribution in [0.15, 0.2) is 59.2 Å². The highest BCUT2D eigenvalue weighted by molar-refractivity contribution is 9.10. The van der Waals surface area contributed by atoms with Gasteiger partial charge < -0.3 is 5.32 Å². The Bertz CT molecular complexity index is 824. The van der Waals surface area contributed by atoms with E-state index in [1.807, 2.05) is 53.1 Å². The first kappa shape index (κ1) is 14.5. The second-order valence-electron chi connectivity index (χ2n) is 4.65. The molecular weight excluding hydrogens is 344 g/mol. The molecule has 1 N–H and O–H groups in total. The number of halogens is 1. The molecule has 0 fully saturated rings. The van der Waals surface area contributed by atoms with Gasteiger partial charge in [-0.15, -0.1) is 10.2 Å². The Balaban J connectivity index is 1.61. The molecule has 110 valence electrons. The topological polar surface area (TPSA) is 59.3 Å². The minimum absolute atomic E-state index is 0.171. The molecule has 0 saturated carbocycles.